The predicted octanol–water partition coefficient (Wildman–Crippen LogP) is 2.50. The second-order valence-electron chi connectivity index (χ2n) is 4.82. The Hall–Kier alpha value is -1.06. The van der Waals surface area contributed by atoms with E-state index < -0.39 is 0 Å². The second-order valence-corrected chi connectivity index (χ2v) is 4.82. The number of nitrogens with one attached hydrogen (secondary N) is 1. The molecule has 102 valence electrons. The Kier molecular flexibility index (Phi) is 6.76. The third-order valence-electron chi connectivity index (χ3n) is 3.14. The molecule has 0 spiro atoms. The largest absolute Gasteiger partial charge is 0.496 e. The minimum absolute atomic E-state index is 0.407. The van der Waals surface area contributed by atoms with Crippen LogP contribution in [0.4, 0.5) is 0 Å². The highest BCUT2D eigenvalue weighted by Gasteiger charge is 2.12. The van der Waals surface area contributed by atoms with Gasteiger partial charge in [-0.15, -0.1) is 0 Å². The number of methoxy groups -OCH3 is 2. The topological polar surface area (TPSA) is 30.5 Å². The fourth-order valence-corrected chi connectivity index (χ4v) is 1.97. The van der Waals surface area contributed by atoms with Gasteiger partial charge in [0, 0.05) is 13.2 Å². The van der Waals surface area contributed by atoms with Crippen molar-refractivity contribution < 1.29 is 9.47 Å². The van der Waals surface area contributed by atoms with Crippen LogP contribution in [-0.4, -0.2) is 33.4 Å². The highest BCUT2D eigenvalue weighted by Crippen LogP contribution is 2.17. The first kappa shape index (κ1) is 15.0. The van der Waals surface area contributed by atoms with Crippen molar-refractivity contribution in [2.45, 2.75) is 26.3 Å². The van der Waals surface area contributed by atoms with E-state index in [9.17, 15) is 0 Å². The lowest BCUT2D eigenvalue weighted by Crippen LogP contribution is -2.38. The summed E-state index contributed by atoms with van der Waals surface area (Å²) in [5.74, 6) is 1.54. The van der Waals surface area contributed by atoms with E-state index in [2.05, 4.69) is 25.2 Å². The van der Waals surface area contributed by atoms with Crippen molar-refractivity contribution >= 4 is 0 Å². The van der Waals surface area contributed by atoms with E-state index in [1.165, 1.54) is 5.56 Å². The summed E-state index contributed by atoms with van der Waals surface area (Å²) in [6, 6.07) is 8.57. The normalized spacial score (nSPS) is 12.7. The van der Waals surface area contributed by atoms with Gasteiger partial charge in [-0.3, -0.25) is 0 Å². The predicted molar refractivity (Wildman–Crippen MR) is 75.2 cm³/mol. The molecule has 0 aliphatic heterocycles. The van der Waals surface area contributed by atoms with Crippen molar-refractivity contribution in [1.82, 2.24) is 5.32 Å². The molecular weight excluding hydrogens is 226 g/mol. The van der Waals surface area contributed by atoms with E-state index in [1.54, 1.807) is 14.2 Å². The average Bonchev–Trinajstić information content (AvgIpc) is 2.38. The van der Waals surface area contributed by atoms with Gasteiger partial charge in [0.2, 0.25) is 0 Å². The van der Waals surface area contributed by atoms with E-state index in [0.717, 1.165) is 25.3 Å². The van der Waals surface area contributed by atoms with Gasteiger partial charge in [0.1, 0.15) is 5.75 Å². The smallest absolute Gasteiger partial charge is 0.122 e. The maximum Gasteiger partial charge on any atom is 0.122 e. The first-order valence-corrected chi connectivity index (χ1v) is 6.53. The number of hydrogen-bond acceptors (Lipinski definition) is 3. The minimum atomic E-state index is 0.407. The molecule has 0 radical (unpaired) electrons. The van der Waals surface area contributed by atoms with Crippen LogP contribution >= 0.6 is 0 Å². The maximum atomic E-state index is 5.35. The molecule has 0 aromatic heterocycles. The van der Waals surface area contributed by atoms with Crippen molar-refractivity contribution in [2.75, 3.05) is 27.4 Å². The van der Waals surface area contributed by atoms with Crippen molar-refractivity contribution in [2.24, 2.45) is 5.92 Å². The Morgan fingerprint density at radius 3 is 2.50 bits per heavy atom. The summed E-state index contributed by atoms with van der Waals surface area (Å²) in [4.78, 5) is 0. The molecule has 0 saturated heterocycles. The monoisotopic (exact) mass is 251 g/mol. The van der Waals surface area contributed by atoms with E-state index in [-0.39, 0.29) is 0 Å². The summed E-state index contributed by atoms with van der Waals surface area (Å²) in [5, 5.41) is 3.54. The third-order valence-corrected chi connectivity index (χ3v) is 3.14. The minimum Gasteiger partial charge on any atom is -0.496 e. The van der Waals surface area contributed by atoms with Gasteiger partial charge in [0.25, 0.3) is 0 Å². The molecule has 0 saturated carbocycles. The molecule has 0 bridgehead atoms. The average molecular weight is 251 g/mol. The standard InChI is InChI=1S/C15H25NO2/c1-12(2)14(11-17-3)16-10-9-13-7-5-6-8-15(13)18-4/h5-8,12,14,16H,9-11H2,1-4H3. The summed E-state index contributed by atoms with van der Waals surface area (Å²) in [5.41, 5.74) is 1.24. The van der Waals surface area contributed by atoms with Crippen LogP contribution in [0.25, 0.3) is 0 Å². The van der Waals surface area contributed by atoms with Crippen LogP contribution in [0.2, 0.25) is 0 Å². The molecule has 0 aliphatic rings. The number of ether oxygens (including phenoxy) is 2. The molecule has 0 amide bonds. The van der Waals surface area contributed by atoms with Crippen LogP contribution in [-0.2, 0) is 11.2 Å². The Balaban J connectivity index is 2.44. The van der Waals surface area contributed by atoms with Crippen molar-refractivity contribution in [3.63, 3.8) is 0 Å². The van der Waals surface area contributed by atoms with Gasteiger partial charge in [0.05, 0.1) is 13.7 Å². The van der Waals surface area contributed by atoms with Gasteiger partial charge in [-0.1, -0.05) is 32.0 Å². The summed E-state index contributed by atoms with van der Waals surface area (Å²) in [7, 11) is 3.46. The Bertz CT molecular complexity index is 339. The van der Waals surface area contributed by atoms with Crippen LogP contribution in [0.3, 0.4) is 0 Å². The van der Waals surface area contributed by atoms with Gasteiger partial charge in [0.15, 0.2) is 0 Å². The molecule has 1 rings (SSSR count). The second kappa shape index (κ2) is 8.11. The fraction of sp³-hybridized carbons (Fsp3) is 0.600. The maximum absolute atomic E-state index is 5.35. The summed E-state index contributed by atoms with van der Waals surface area (Å²) in [6.45, 7) is 6.11. The Morgan fingerprint density at radius 2 is 1.89 bits per heavy atom. The summed E-state index contributed by atoms with van der Waals surface area (Å²) < 4.78 is 10.6. The fourth-order valence-electron chi connectivity index (χ4n) is 1.97. The van der Waals surface area contributed by atoms with Crippen molar-refractivity contribution in [1.29, 1.82) is 0 Å². The quantitative estimate of drug-likeness (QED) is 0.770. The molecule has 1 unspecified atom stereocenters. The molecule has 0 heterocycles. The molecule has 18 heavy (non-hydrogen) atoms. The van der Waals surface area contributed by atoms with Gasteiger partial charge >= 0.3 is 0 Å². The number of benzene rings is 1. The molecule has 1 aromatic rings. The van der Waals surface area contributed by atoms with Gasteiger partial charge in [-0.25, -0.2) is 0 Å². The molecule has 0 aliphatic carbocycles. The van der Waals surface area contributed by atoms with E-state index in [1.807, 2.05) is 18.2 Å². The van der Waals surface area contributed by atoms with Gasteiger partial charge in [-0.05, 0) is 30.5 Å². The third kappa shape index (κ3) is 4.67. The zero-order chi connectivity index (χ0) is 13.4. The number of hydrogen-bond donors (Lipinski definition) is 1. The van der Waals surface area contributed by atoms with Crippen LogP contribution in [0, 0.1) is 5.92 Å². The molecule has 1 atom stereocenters. The van der Waals surface area contributed by atoms with Crippen LogP contribution in [0.1, 0.15) is 19.4 Å². The summed E-state index contributed by atoms with van der Waals surface area (Å²) >= 11 is 0. The number of rotatable bonds is 8. The zero-order valence-corrected chi connectivity index (χ0v) is 11.9. The molecule has 0 fully saturated rings. The lowest BCUT2D eigenvalue weighted by atomic mass is 10.0. The van der Waals surface area contributed by atoms with E-state index >= 15 is 0 Å². The Morgan fingerprint density at radius 1 is 1.17 bits per heavy atom. The Labute approximate surface area is 110 Å². The SMILES string of the molecule is COCC(NCCc1ccccc1OC)C(C)C. The molecule has 3 nitrogen and oxygen atoms in total. The van der Waals surface area contributed by atoms with E-state index in [0.29, 0.717) is 12.0 Å². The lowest BCUT2D eigenvalue weighted by molar-refractivity contribution is 0.147. The highest BCUT2D eigenvalue weighted by molar-refractivity contribution is 5.33. The zero-order valence-electron chi connectivity index (χ0n) is 11.9. The van der Waals surface area contributed by atoms with Gasteiger partial charge in [-0.2, -0.15) is 0 Å². The molecular formula is C15H25NO2. The highest BCUT2D eigenvalue weighted by atomic mass is 16.5. The van der Waals surface area contributed by atoms with Crippen LogP contribution < -0.4 is 10.1 Å². The van der Waals surface area contributed by atoms with Crippen molar-refractivity contribution in [3.05, 3.63) is 29.8 Å². The molecule has 1 aromatic carbocycles. The van der Waals surface area contributed by atoms with Crippen LogP contribution in [0.5, 0.6) is 5.75 Å². The van der Waals surface area contributed by atoms with Crippen LogP contribution in [0.15, 0.2) is 24.3 Å². The lowest BCUT2D eigenvalue weighted by Gasteiger charge is -2.21. The number of para-hydroxylation sites is 1. The van der Waals surface area contributed by atoms with Gasteiger partial charge < -0.3 is 14.8 Å². The first-order valence-electron chi connectivity index (χ1n) is 6.53. The van der Waals surface area contributed by atoms with Crippen molar-refractivity contribution in [3.8, 4) is 5.75 Å². The summed E-state index contributed by atoms with van der Waals surface area (Å²) in [6.07, 6.45) is 0.969. The van der Waals surface area contributed by atoms with E-state index in [4.69, 9.17) is 9.47 Å². The first-order chi connectivity index (χ1) is 8.69. The molecule has 3 heteroatoms. The molecule has 1 N–H and O–H groups in total.